The van der Waals surface area contributed by atoms with Gasteiger partial charge in [-0.05, 0) is 49.4 Å². The number of hydrogen-bond acceptors (Lipinski definition) is 6. The lowest BCUT2D eigenvalue weighted by Gasteiger charge is -2.29. The van der Waals surface area contributed by atoms with Gasteiger partial charge in [-0.3, -0.25) is 14.4 Å². The van der Waals surface area contributed by atoms with Gasteiger partial charge in [-0.2, -0.15) is 0 Å². The van der Waals surface area contributed by atoms with Gasteiger partial charge in [-0.15, -0.1) is 0 Å². The quantitative estimate of drug-likeness (QED) is 0.360. The van der Waals surface area contributed by atoms with E-state index in [1.165, 1.54) is 36.4 Å². The topological polar surface area (TPSA) is 102 Å². The van der Waals surface area contributed by atoms with Crippen LogP contribution in [-0.4, -0.2) is 48.5 Å². The highest BCUT2D eigenvalue weighted by atomic mass is 35.5. The first-order valence-electron chi connectivity index (χ1n) is 11.0. The zero-order valence-electron chi connectivity index (χ0n) is 18.5. The minimum absolute atomic E-state index is 0.0202. The lowest BCUT2D eigenvalue weighted by Crippen LogP contribution is -2.48. The van der Waals surface area contributed by atoms with Gasteiger partial charge in [0.25, 0.3) is 5.91 Å². The monoisotopic (exact) mass is 514 g/mol. The maximum absolute atomic E-state index is 13.5. The average Bonchev–Trinajstić information content (AvgIpc) is 3.48. The van der Waals surface area contributed by atoms with Crippen LogP contribution in [0.25, 0.3) is 0 Å². The molecule has 3 amide bonds. The Bertz CT molecular complexity index is 1280. The van der Waals surface area contributed by atoms with Crippen LogP contribution in [0.5, 0.6) is 0 Å². The van der Waals surface area contributed by atoms with Gasteiger partial charge in [0.2, 0.25) is 11.8 Å². The molecule has 3 aliphatic heterocycles. The van der Waals surface area contributed by atoms with Crippen molar-refractivity contribution < 1.29 is 28.7 Å². The lowest BCUT2D eigenvalue weighted by molar-refractivity contribution is -0.126. The van der Waals surface area contributed by atoms with Crippen molar-refractivity contribution in [1.29, 1.82) is 0 Å². The van der Waals surface area contributed by atoms with E-state index in [0.717, 1.165) is 4.90 Å². The number of anilines is 1. The molecule has 2 fully saturated rings. The Kier molecular flexibility index (Phi) is 5.91. The number of esters is 1. The second-order valence-corrected chi connectivity index (χ2v) is 9.33. The van der Waals surface area contributed by atoms with Crippen LogP contribution < -0.4 is 10.2 Å². The number of carbonyl (C=O) groups is 4. The fourth-order valence-corrected chi connectivity index (χ4v) is 5.40. The van der Waals surface area contributed by atoms with Gasteiger partial charge >= 0.3 is 5.97 Å². The van der Waals surface area contributed by atoms with Gasteiger partial charge in [-0.1, -0.05) is 35.4 Å². The van der Waals surface area contributed by atoms with Crippen molar-refractivity contribution in [1.82, 2.24) is 5.32 Å². The van der Waals surface area contributed by atoms with Crippen LogP contribution in [-0.2, 0) is 19.1 Å². The first-order valence-corrected chi connectivity index (χ1v) is 11.8. The second-order valence-electron chi connectivity index (χ2n) is 8.49. The normalized spacial score (nSPS) is 26.3. The minimum atomic E-state index is -1.16. The fourth-order valence-electron chi connectivity index (χ4n) is 4.91. The molecule has 0 aromatic heterocycles. The van der Waals surface area contributed by atoms with Crippen molar-refractivity contribution in [3.05, 3.63) is 75.8 Å². The van der Waals surface area contributed by atoms with Crippen molar-refractivity contribution in [3.63, 3.8) is 0 Å². The summed E-state index contributed by atoms with van der Waals surface area (Å²) in [5.74, 6) is -3.24. The van der Waals surface area contributed by atoms with Crippen LogP contribution in [0.2, 0.25) is 10.0 Å². The Morgan fingerprint density at radius 1 is 1.11 bits per heavy atom. The number of benzene rings is 2. The zero-order chi connectivity index (χ0) is 24.9. The molecule has 0 aliphatic carbocycles. The van der Waals surface area contributed by atoms with Crippen molar-refractivity contribution in [2.75, 3.05) is 18.1 Å². The van der Waals surface area contributed by atoms with E-state index in [1.54, 1.807) is 25.1 Å². The summed E-state index contributed by atoms with van der Waals surface area (Å²) in [6.45, 7) is 1.93. The molecule has 4 unspecified atom stereocenters. The molecule has 2 aromatic rings. The largest absolute Gasteiger partial charge is 0.462 e. The molecule has 5 rings (SSSR count). The summed E-state index contributed by atoms with van der Waals surface area (Å²) < 4.78 is 11.0. The predicted molar refractivity (Wildman–Crippen MR) is 127 cm³/mol. The number of ether oxygens (including phenoxy) is 2. The molecule has 4 atom stereocenters. The van der Waals surface area contributed by atoms with Crippen molar-refractivity contribution >= 4 is 52.6 Å². The maximum Gasteiger partial charge on any atom is 0.338 e. The van der Waals surface area contributed by atoms with Crippen LogP contribution in [0.15, 0.2) is 54.6 Å². The van der Waals surface area contributed by atoms with Crippen LogP contribution in [0, 0.1) is 11.8 Å². The van der Waals surface area contributed by atoms with Gasteiger partial charge in [-0.25, -0.2) is 9.69 Å². The van der Waals surface area contributed by atoms with Gasteiger partial charge in [0.15, 0.2) is 0 Å². The number of carbonyl (C=O) groups excluding carboxylic acids is 4. The molecular weight excluding hydrogens is 495 g/mol. The number of nitrogens with one attached hydrogen (secondary N) is 1. The highest BCUT2D eigenvalue weighted by molar-refractivity contribution is 6.36. The molecule has 10 heteroatoms. The lowest BCUT2D eigenvalue weighted by atomic mass is 9.77. The molecule has 3 heterocycles. The van der Waals surface area contributed by atoms with Crippen LogP contribution in [0.4, 0.5) is 5.69 Å². The minimum Gasteiger partial charge on any atom is -0.462 e. The number of fused-ring (bicyclic) bond motifs is 5. The standard InChI is InChI=1S/C25H20Cl2N2O6/c1-2-34-24(33)13-3-6-15(7-4-13)29-22(31)19-18-9-10-25(35-18,20(19)23(29)32)12-28-21(30)16-8-5-14(26)11-17(16)27/h3-11,18-20H,2,12H2,1H3,(H,28,30). The summed E-state index contributed by atoms with van der Waals surface area (Å²) in [6.07, 6.45) is 2.92. The van der Waals surface area contributed by atoms with E-state index in [9.17, 15) is 19.2 Å². The van der Waals surface area contributed by atoms with Crippen LogP contribution >= 0.6 is 23.2 Å². The number of amides is 3. The van der Waals surface area contributed by atoms with Crippen molar-refractivity contribution in [2.24, 2.45) is 11.8 Å². The van der Waals surface area contributed by atoms with Gasteiger partial charge < -0.3 is 14.8 Å². The first-order chi connectivity index (χ1) is 16.8. The summed E-state index contributed by atoms with van der Waals surface area (Å²) >= 11 is 12.0. The van der Waals surface area contributed by atoms with E-state index < -0.39 is 41.3 Å². The molecule has 180 valence electrons. The summed E-state index contributed by atoms with van der Waals surface area (Å²) in [7, 11) is 0. The Morgan fingerprint density at radius 3 is 2.54 bits per heavy atom. The Morgan fingerprint density at radius 2 is 1.86 bits per heavy atom. The SMILES string of the molecule is CCOC(=O)c1ccc(N2C(=O)C3C4C=CC(CNC(=O)c5ccc(Cl)cc5Cl)(O4)C3C2=O)cc1. The van der Waals surface area contributed by atoms with E-state index in [1.807, 2.05) is 0 Å². The Balaban J connectivity index is 1.36. The number of halogens is 2. The molecule has 1 N–H and O–H groups in total. The second kappa shape index (κ2) is 8.78. The summed E-state index contributed by atoms with van der Waals surface area (Å²) in [5.41, 5.74) is -0.248. The number of imide groups is 1. The third kappa shape index (κ3) is 3.82. The molecule has 0 saturated carbocycles. The van der Waals surface area contributed by atoms with Crippen molar-refractivity contribution in [3.8, 4) is 0 Å². The molecule has 8 nitrogen and oxygen atoms in total. The van der Waals surface area contributed by atoms with E-state index in [4.69, 9.17) is 32.7 Å². The number of rotatable bonds is 6. The summed E-state index contributed by atoms with van der Waals surface area (Å²) in [6, 6.07) is 10.6. The summed E-state index contributed by atoms with van der Waals surface area (Å²) in [5, 5.41) is 3.38. The molecule has 2 saturated heterocycles. The molecule has 0 radical (unpaired) electrons. The van der Waals surface area contributed by atoms with Crippen LogP contribution in [0.3, 0.4) is 0 Å². The fraction of sp³-hybridized carbons (Fsp3) is 0.280. The van der Waals surface area contributed by atoms with Crippen LogP contribution in [0.1, 0.15) is 27.6 Å². The zero-order valence-corrected chi connectivity index (χ0v) is 20.0. The molecular formula is C25H20Cl2N2O6. The number of hydrogen-bond donors (Lipinski definition) is 1. The third-order valence-corrected chi connectivity index (χ3v) is 7.04. The summed E-state index contributed by atoms with van der Waals surface area (Å²) in [4.78, 5) is 52.5. The van der Waals surface area contributed by atoms with E-state index >= 15 is 0 Å². The van der Waals surface area contributed by atoms with Gasteiger partial charge in [0.1, 0.15) is 5.60 Å². The molecule has 3 aliphatic rings. The van der Waals surface area contributed by atoms with Crippen molar-refractivity contribution in [2.45, 2.75) is 18.6 Å². The van der Waals surface area contributed by atoms with E-state index in [-0.39, 0.29) is 29.6 Å². The first kappa shape index (κ1) is 23.5. The molecule has 2 aromatic carbocycles. The van der Waals surface area contributed by atoms with E-state index in [0.29, 0.717) is 16.3 Å². The predicted octanol–water partition coefficient (Wildman–Crippen LogP) is 3.41. The molecule has 0 spiro atoms. The Labute approximate surface area is 210 Å². The molecule has 2 bridgehead atoms. The van der Waals surface area contributed by atoms with E-state index in [2.05, 4.69) is 5.32 Å². The number of nitrogens with zero attached hydrogens (tertiary/aromatic N) is 1. The molecule has 35 heavy (non-hydrogen) atoms. The third-order valence-electron chi connectivity index (χ3n) is 6.49. The highest BCUT2D eigenvalue weighted by Crippen LogP contribution is 2.52. The maximum atomic E-state index is 13.5. The Hall–Kier alpha value is -3.20. The smallest absolute Gasteiger partial charge is 0.338 e. The average molecular weight is 515 g/mol. The van der Waals surface area contributed by atoms with Gasteiger partial charge in [0.05, 0.1) is 52.9 Å². The van der Waals surface area contributed by atoms with Gasteiger partial charge in [0, 0.05) is 5.02 Å². The highest BCUT2D eigenvalue weighted by Gasteiger charge is 2.67.